The summed E-state index contributed by atoms with van der Waals surface area (Å²) in [6, 6.07) is 0. The van der Waals surface area contributed by atoms with Gasteiger partial charge in [-0.1, -0.05) is 57.9 Å². The molecule has 0 amide bonds. The number of hydrogen-bond acceptors (Lipinski definition) is 0. The molecule has 0 heterocycles. The molecule has 0 aliphatic heterocycles. The van der Waals surface area contributed by atoms with E-state index in [0.29, 0.717) is 5.41 Å². The van der Waals surface area contributed by atoms with Crippen LogP contribution in [0.2, 0.25) is 0 Å². The molecule has 4 unspecified atom stereocenters. The summed E-state index contributed by atoms with van der Waals surface area (Å²) >= 11 is 0. The minimum atomic E-state index is 0.648. The number of hydrogen-bond donors (Lipinski definition) is 0. The van der Waals surface area contributed by atoms with Crippen LogP contribution in [0.1, 0.15) is 110 Å². The third-order valence-electron chi connectivity index (χ3n) is 9.65. The van der Waals surface area contributed by atoms with Crippen LogP contribution in [-0.4, -0.2) is 0 Å². The fraction of sp³-hybridized carbons (Fsp3) is 0.923. The highest BCUT2D eigenvalue weighted by atomic mass is 14.6. The molecule has 4 aliphatic carbocycles. The molecule has 0 heteroatoms. The monoisotopic (exact) mass is 356 g/mol. The van der Waals surface area contributed by atoms with Crippen molar-refractivity contribution in [1.82, 2.24) is 0 Å². The molecule has 0 spiro atoms. The average Bonchev–Trinajstić information content (AvgIpc) is 3.32. The van der Waals surface area contributed by atoms with Crippen molar-refractivity contribution in [3.8, 4) is 0 Å². The van der Waals surface area contributed by atoms with Crippen molar-refractivity contribution < 1.29 is 0 Å². The van der Waals surface area contributed by atoms with E-state index in [1.165, 1.54) is 64.2 Å². The molecule has 0 saturated heterocycles. The van der Waals surface area contributed by atoms with Gasteiger partial charge in [0.1, 0.15) is 0 Å². The van der Waals surface area contributed by atoms with Crippen LogP contribution < -0.4 is 0 Å². The highest BCUT2D eigenvalue weighted by molar-refractivity contribution is 5.06. The summed E-state index contributed by atoms with van der Waals surface area (Å²) in [5.41, 5.74) is 0.648. The van der Waals surface area contributed by atoms with Crippen LogP contribution >= 0.6 is 0 Å². The van der Waals surface area contributed by atoms with Gasteiger partial charge in [0.15, 0.2) is 0 Å². The van der Waals surface area contributed by atoms with E-state index in [1.807, 2.05) is 0 Å². The molecule has 4 rings (SSSR count). The van der Waals surface area contributed by atoms with Crippen molar-refractivity contribution in [2.24, 2.45) is 40.9 Å². The summed E-state index contributed by atoms with van der Waals surface area (Å²) < 4.78 is 0. The van der Waals surface area contributed by atoms with Crippen molar-refractivity contribution >= 4 is 0 Å². The normalized spacial score (nSPS) is 40.0. The number of allylic oxidation sites excluding steroid dienone is 1. The van der Waals surface area contributed by atoms with E-state index in [-0.39, 0.29) is 0 Å². The van der Waals surface area contributed by atoms with E-state index >= 15 is 0 Å². The SMILES string of the molecule is C=CCCCC[C@@](C)(C1CCCC1)C1C2CCCCC2C2CCCCC21. The van der Waals surface area contributed by atoms with Crippen LogP contribution in [0.4, 0.5) is 0 Å². The van der Waals surface area contributed by atoms with Crippen molar-refractivity contribution in [3.05, 3.63) is 12.7 Å². The summed E-state index contributed by atoms with van der Waals surface area (Å²) in [4.78, 5) is 0. The van der Waals surface area contributed by atoms with Gasteiger partial charge in [0, 0.05) is 0 Å². The molecule has 148 valence electrons. The highest BCUT2D eigenvalue weighted by Crippen LogP contribution is 2.65. The van der Waals surface area contributed by atoms with E-state index in [2.05, 4.69) is 19.6 Å². The summed E-state index contributed by atoms with van der Waals surface area (Å²) in [6.45, 7) is 6.75. The van der Waals surface area contributed by atoms with Crippen molar-refractivity contribution in [2.75, 3.05) is 0 Å². The van der Waals surface area contributed by atoms with Crippen LogP contribution in [0.5, 0.6) is 0 Å². The first kappa shape index (κ1) is 19.1. The fourth-order valence-electron chi connectivity index (χ4n) is 8.65. The minimum Gasteiger partial charge on any atom is -0.103 e. The lowest BCUT2D eigenvalue weighted by atomic mass is 9.57. The molecule has 4 fully saturated rings. The maximum Gasteiger partial charge on any atom is -0.0264 e. The Morgan fingerprint density at radius 1 is 0.731 bits per heavy atom. The Balaban J connectivity index is 1.60. The van der Waals surface area contributed by atoms with Gasteiger partial charge in [0.2, 0.25) is 0 Å². The Kier molecular flexibility index (Phi) is 6.16. The predicted molar refractivity (Wildman–Crippen MR) is 113 cm³/mol. The van der Waals surface area contributed by atoms with Gasteiger partial charge in [0.05, 0.1) is 0 Å². The highest BCUT2D eigenvalue weighted by Gasteiger charge is 2.58. The van der Waals surface area contributed by atoms with Crippen LogP contribution in [0.15, 0.2) is 12.7 Å². The van der Waals surface area contributed by atoms with Crippen LogP contribution in [-0.2, 0) is 0 Å². The lowest BCUT2D eigenvalue weighted by molar-refractivity contribution is 0.00528. The minimum absolute atomic E-state index is 0.648. The van der Waals surface area contributed by atoms with E-state index < -0.39 is 0 Å². The van der Waals surface area contributed by atoms with Crippen LogP contribution in [0.25, 0.3) is 0 Å². The van der Waals surface area contributed by atoms with Crippen LogP contribution in [0.3, 0.4) is 0 Å². The first-order valence-corrected chi connectivity index (χ1v) is 12.4. The molecular weight excluding hydrogens is 312 g/mol. The van der Waals surface area contributed by atoms with Gasteiger partial charge in [-0.3, -0.25) is 0 Å². The van der Waals surface area contributed by atoms with Gasteiger partial charge in [-0.05, 0) is 98.7 Å². The molecule has 0 radical (unpaired) electrons. The van der Waals surface area contributed by atoms with Gasteiger partial charge < -0.3 is 0 Å². The predicted octanol–water partition coefficient (Wildman–Crippen LogP) is 8.17. The zero-order chi connectivity index (χ0) is 18.0. The molecule has 4 aliphatic rings. The number of unbranched alkanes of at least 4 members (excludes halogenated alkanes) is 2. The lowest BCUT2D eigenvalue weighted by Gasteiger charge is -2.48. The van der Waals surface area contributed by atoms with Crippen molar-refractivity contribution in [3.63, 3.8) is 0 Å². The van der Waals surface area contributed by atoms with Crippen molar-refractivity contribution in [1.29, 1.82) is 0 Å². The molecular formula is C26H44. The van der Waals surface area contributed by atoms with E-state index in [4.69, 9.17) is 0 Å². The Morgan fingerprint density at radius 3 is 1.77 bits per heavy atom. The van der Waals surface area contributed by atoms with Gasteiger partial charge in [-0.2, -0.15) is 0 Å². The standard InChI is InChI=1S/C26H44/c1-3-4-5-12-19-26(2,20-13-6-7-14-20)25-23-17-10-8-15-21(23)22-16-9-11-18-24(22)25/h3,20-25H,1,4-19H2,2H3/t21?,22?,23?,24?,25?,26-/m0/s1. The zero-order valence-electron chi connectivity index (χ0n) is 17.6. The molecule has 5 atom stereocenters. The molecule has 26 heavy (non-hydrogen) atoms. The smallest absolute Gasteiger partial charge is 0.0264 e. The quantitative estimate of drug-likeness (QED) is 0.319. The second-order valence-corrected chi connectivity index (χ2v) is 10.8. The fourth-order valence-corrected chi connectivity index (χ4v) is 8.65. The van der Waals surface area contributed by atoms with Gasteiger partial charge >= 0.3 is 0 Å². The van der Waals surface area contributed by atoms with E-state index in [0.717, 1.165) is 35.5 Å². The van der Waals surface area contributed by atoms with E-state index in [1.54, 1.807) is 38.5 Å². The van der Waals surface area contributed by atoms with Crippen LogP contribution in [0, 0.1) is 40.9 Å². The third kappa shape index (κ3) is 3.44. The van der Waals surface area contributed by atoms with Crippen molar-refractivity contribution in [2.45, 2.75) is 110 Å². The second kappa shape index (κ2) is 8.40. The maximum absolute atomic E-state index is 3.96. The zero-order valence-corrected chi connectivity index (χ0v) is 17.6. The Hall–Kier alpha value is -0.260. The first-order chi connectivity index (χ1) is 12.8. The molecule has 0 nitrogen and oxygen atoms in total. The Morgan fingerprint density at radius 2 is 1.23 bits per heavy atom. The molecule has 0 bridgehead atoms. The van der Waals surface area contributed by atoms with E-state index in [9.17, 15) is 0 Å². The Bertz CT molecular complexity index is 437. The molecule has 0 N–H and O–H groups in total. The van der Waals surface area contributed by atoms with Gasteiger partial charge in [0.25, 0.3) is 0 Å². The number of rotatable bonds is 7. The second-order valence-electron chi connectivity index (χ2n) is 10.8. The lowest BCUT2D eigenvalue weighted by Crippen LogP contribution is -2.41. The largest absolute Gasteiger partial charge is 0.103 e. The van der Waals surface area contributed by atoms with Gasteiger partial charge in [-0.25, -0.2) is 0 Å². The molecule has 0 aromatic carbocycles. The Labute approximate surface area is 163 Å². The first-order valence-electron chi connectivity index (χ1n) is 12.4. The van der Waals surface area contributed by atoms with Gasteiger partial charge in [-0.15, -0.1) is 6.58 Å². The molecule has 0 aromatic rings. The summed E-state index contributed by atoms with van der Waals surface area (Å²) in [7, 11) is 0. The average molecular weight is 357 g/mol. The summed E-state index contributed by atoms with van der Waals surface area (Å²) in [5, 5.41) is 0. The summed E-state index contributed by atoms with van der Waals surface area (Å²) in [6.07, 6.45) is 26.3. The molecule has 4 saturated carbocycles. The maximum atomic E-state index is 3.96. The number of fused-ring (bicyclic) bond motifs is 3. The summed E-state index contributed by atoms with van der Waals surface area (Å²) in [5.74, 6) is 6.55. The topological polar surface area (TPSA) is 0 Å². The third-order valence-corrected chi connectivity index (χ3v) is 9.65. The molecule has 0 aromatic heterocycles.